The largest absolute Gasteiger partial charge is 0.497 e. The van der Waals surface area contributed by atoms with Gasteiger partial charge in [0.15, 0.2) is 5.82 Å². The second-order valence-corrected chi connectivity index (χ2v) is 8.79. The van der Waals surface area contributed by atoms with E-state index >= 15 is 0 Å². The first-order chi connectivity index (χ1) is 15.9. The van der Waals surface area contributed by atoms with Crippen molar-refractivity contribution >= 4 is 17.6 Å². The van der Waals surface area contributed by atoms with Crippen molar-refractivity contribution in [3.8, 4) is 17.0 Å². The average Bonchev–Trinajstić information content (AvgIpc) is 2.83. The Morgan fingerprint density at radius 3 is 2.27 bits per heavy atom. The molecule has 33 heavy (non-hydrogen) atoms. The lowest BCUT2D eigenvalue weighted by molar-refractivity contribution is -0.141. The first-order valence-electron chi connectivity index (χ1n) is 11.7. The molecule has 0 saturated carbocycles. The molecule has 0 radical (unpaired) electrons. The van der Waals surface area contributed by atoms with Crippen LogP contribution >= 0.6 is 0 Å². The number of nitrogens with zero attached hydrogens (tertiary/aromatic N) is 5. The fourth-order valence-electron chi connectivity index (χ4n) is 3.90. The molecule has 2 amide bonds. The zero-order valence-electron chi connectivity index (χ0n) is 20.2. The highest BCUT2D eigenvalue weighted by atomic mass is 16.5. The predicted molar refractivity (Wildman–Crippen MR) is 129 cm³/mol. The monoisotopic (exact) mass is 453 g/mol. The summed E-state index contributed by atoms with van der Waals surface area (Å²) >= 11 is 0. The van der Waals surface area contributed by atoms with Gasteiger partial charge in [0.05, 0.1) is 19.3 Å². The van der Waals surface area contributed by atoms with Crippen molar-refractivity contribution in [2.75, 3.05) is 51.3 Å². The maximum Gasteiger partial charge on any atom is 0.242 e. The highest BCUT2D eigenvalue weighted by molar-refractivity contribution is 5.85. The number of hydrogen-bond acceptors (Lipinski definition) is 6. The van der Waals surface area contributed by atoms with Crippen LogP contribution in [-0.2, 0) is 9.59 Å². The van der Waals surface area contributed by atoms with Crippen LogP contribution in [0.4, 0.5) is 5.82 Å². The minimum Gasteiger partial charge on any atom is -0.497 e. The third-order valence-corrected chi connectivity index (χ3v) is 5.75. The molecule has 8 heteroatoms. The van der Waals surface area contributed by atoms with Crippen molar-refractivity contribution < 1.29 is 14.3 Å². The fraction of sp³-hybridized carbons (Fsp3) is 0.520. The first kappa shape index (κ1) is 24.5. The molecule has 1 saturated heterocycles. The molecule has 3 rings (SSSR count). The van der Waals surface area contributed by atoms with E-state index in [1.165, 1.54) is 0 Å². The third-order valence-electron chi connectivity index (χ3n) is 5.75. The summed E-state index contributed by atoms with van der Waals surface area (Å²) in [5.41, 5.74) is 1.78. The lowest BCUT2D eigenvalue weighted by Crippen LogP contribution is -2.52. The summed E-state index contributed by atoms with van der Waals surface area (Å²) < 4.78 is 5.20. The van der Waals surface area contributed by atoms with Gasteiger partial charge in [-0.2, -0.15) is 0 Å². The molecule has 178 valence electrons. The van der Waals surface area contributed by atoms with Crippen molar-refractivity contribution in [1.29, 1.82) is 0 Å². The van der Waals surface area contributed by atoms with E-state index in [0.717, 1.165) is 29.2 Å². The standard InChI is InChI=1S/C25H35N5O3/c1-5-12-30(24(31)17-19(2)3)18-25(32)29-15-13-28(14-16-29)23-11-10-22(26-27-23)20-6-8-21(33-4)9-7-20/h6-11,19H,5,12-18H2,1-4H3. The van der Waals surface area contributed by atoms with Crippen LogP contribution in [0, 0.1) is 5.92 Å². The summed E-state index contributed by atoms with van der Waals surface area (Å²) in [5.74, 6) is 1.97. The van der Waals surface area contributed by atoms with Crippen LogP contribution in [0.1, 0.15) is 33.6 Å². The Bertz CT molecular complexity index is 907. The van der Waals surface area contributed by atoms with Crippen molar-refractivity contribution in [2.45, 2.75) is 33.6 Å². The molecule has 0 aliphatic carbocycles. The Labute approximate surface area is 196 Å². The number of anilines is 1. The number of carbonyl (C=O) groups is 2. The molecule has 0 bridgehead atoms. The molecular weight excluding hydrogens is 418 g/mol. The van der Waals surface area contributed by atoms with Crippen LogP contribution in [0.15, 0.2) is 36.4 Å². The maximum atomic E-state index is 12.8. The summed E-state index contributed by atoms with van der Waals surface area (Å²) in [4.78, 5) is 31.0. The molecule has 0 spiro atoms. The van der Waals surface area contributed by atoms with E-state index in [1.807, 2.05) is 62.1 Å². The zero-order valence-corrected chi connectivity index (χ0v) is 20.2. The molecule has 1 aromatic carbocycles. The van der Waals surface area contributed by atoms with Crippen molar-refractivity contribution in [2.24, 2.45) is 5.92 Å². The Hall–Kier alpha value is -3.16. The van der Waals surface area contributed by atoms with Gasteiger partial charge in [-0.1, -0.05) is 20.8 Å². The SMILES string of the molecule is CCCN(CC(=O)N1CCN(c2ccc(-c3ccc(OC)cc3)nn2)CC1)C(=O)CC(C)C. The number of hydrogen-bond donors (Lipinski definition) is 0. The second-order valence-electron chi connectivity index (χ2n) is 8.79. The first-order valence-corrected chi connectivity index (χ1v) is 11.7. The predicted octanol–water partition coefficient (Wildman–Crippen LogP) is 3.09. The minimum absolute atomic E-state index is 0.0149. The summed E-state index contributed by atoms with van der Waals surface area (Å²) in [6.45, 7) is 9.46. The van der Waals surface area contributed by atoms with Crippen molar-refractivity contribution in [3.05, 3.63) is 36.4 Å². The highest BCUT2D eigenvalue weighted by Crippen LogP contribution is 2.22. The fourth-order valence-corrected chi connectivity index (χ4v) is 3.90. The van der Waals surface area contributed by atoms with Gasteiger partial charge >= 0.3 is 0 Å². The lowest BCUT2D eigenvalue weighted by Gasteiger charge is -2.36. The third kappa shape index (κ3) is 6.66. The molecule has 1 aliphatic heterocycles. The van der Waals surface area contributed by atoms with Crippen LogP contribution in [-0.4, -0.2) is 78.2 Å². The van der Waals surface area contributed by atoms with Crippen molar-refractivity contribution in [1.82, 2.24) is 20.0 Å². The van der Waals surface area contributed by atoms with Crippen LogP contribution in [0.2, 0.25) is 0 Å². The average molecular weight is 454 g/mol. The van der Waals surface area contributed by atoms with E-state index < -0.39 is 0 Å². The van der Waals surface area contributed by atoms with Crippen LogP contribution in [0.25, 0.3) is 11.3 Å². The molecule has 0 unspecified atom stereocenters. The topological polar surface area (TPSA) is 78.9 Å². The Balaban J connectivity index is 1.54. The number of amides is 2. The van der Waals surface area contributed by atoms with Gasteiger partial charge < -0.3 is 19.4 Å². The van der Waals surface area contributed by atoms with Gasteiger partial charge in [-0.25, -0.2) is 0 Å². The van der Waals surface area contributed by atoms with Gasteiger partial charge in [-0.05, 0) is 48.7 Å². The number of ether oxygens (including phenoxy) is 1. The maximum absolute atomic E-state index is 12.8. The summed E-state index contributed by atoms with van der Waals surface area (Å²) in [7, 11) is 1.64. The molecule has 0 atom stereocenters. The Morgan fingerprint density at radius 1 is 1.03 bits per heavy atom. The van der Waals surface area contributed by atoms with E-state index in [4.69, 9.17) is 4.74 Å². The molecule has 1 aliphatic rings. The smallest absolute Gasteiger partial charge is 0.242 e. The number of rotatable bonds is 9. The lowest BCUT2D eigenvalue weighted by atomic mass is 10.1. The highest BCUT2D eigenvalue weighted by Gasteiger charge is 2.25. The van der Waals surface area contributed by atoms with Crippen LogP contribution in [0.5, 0.6) is 5.75 Å². The number of carbonyl (C=O) groups excluding carboxylic acids is 2. The number of benzene rings is 1. The minimum atomic E-state index is 0.0149. The summed E-state index contributed by atoms with van der Waals surface area (Å²) in [6.07, 6.45) is 1.32. The number of methoxy groups -OCH3 is 1. The van der Waals surface area contributed by atoms with Crippen molar-refractivity contribution in [3.63, 3.8) is 0 Å². The summed E-state index contributed by atoms with van der Waals surface area (Å²) in [6, 6.07) is 11.7. The van der Waals surface area contributed by atoms with Gasteiger partial charge in [0.25, 0.3) is 0 Å². The molecule has 1 fully saturated rings. The van der Waals surface area contributed by atoms with Crippen LogP contribution in [0.3, 0.4) is 0 Å². The second kappa shape index (κ2) is 11.6. The number of aromatic nitrogens is 2. The molecular formula is C25H35N5O3. The zero-order chi connectivity index (χ0) is 23.8. The van der Waals surface area contributed by atoms with E-state index in [2.05, 4.69) is 15.1 Å². The van der Waals surface area contributed by atoms with Gasteiger partial charge in [0.2, 0.25) is 11.8 Å². The van der Waals surface area contributed by atoms with E-state index in [9.17, 15) is 9.59 Å². The molecule has 1 aromatic heterocycles. The Kier molecular flexibility index (Phi) is 8.63. The quantitative estimate of drug-likeness (QED) is 0.581. The molecule has 8 nitrogen and oxygen atoms in total. The molecule has 2 aromatic rings. The Morgan fingerprint density at radius 2 is 1.73 bits per heavy atom. The van der Waals surface area contributed by atoms with E-state index in [0.29, 0.717) is 39.1 Å². The summed E-state index contributed by atoms with van der Waals surface area (Å²) in [5, 5.41) is 8.78. The van der Waals surface area contributed by atoms with Gasteiger partial charge in [0, 0.05) is 44.7 Å². The van der Waals surface area contributed by atoms with E-state index in [1.54, 1.807) is 12.0 Å². The van der Waals surface area contributed by atoms with Gasteiger partial charge in [0.1, 0.15) is 5.75 Å². The van der Waals surface area contributed by atoms with Gasteiger partial charge in [-0.15, -0.1) is 10.2 Å². The van der Waals surface area contributed by atoms with E-state index in [-0.39, 0.29) is 24.3 Å². The van der Waals surface area contributed by atoms with Crippen LogP contribution < -0.4 is 9.64 Å². The molecule has 2 heterocycles. The number of piperazine rings is 1. The van der Waals surface area contributed by atoms with Gasteiger partial charge in [-0.3, -0.25) is 9.59 Å². The molecule has 0 N–H and O–H groups in total. The normalized spacial score (nSPS) is 13.8.